The number of hydrogen-bond donors (Lipinski definition) is 2. The fraction of sp³-hybridized carbons (Fsp3) is 0.192. The van der Waals surface area contributed by atoms with Gasteiger partial charge in [-0.15, -0.1) is 24.9 Å². The van der Waals surface area contributed by atoms with Crippen molar-refractivity contribution in [2.75, 3.05) is 12.9 Å². The molecule has 1 heterocycles. The summed E-state index contributed by atoms with van der Waals surface area (Å²) in [5, 5.41) is 15.9. The Balaban J connectivity index is 1.61. The standard InChI is InChI=1S/C26H22F3N3O5S/c1-15-13-19(9-12-21(15)35-14-22(33)34)36-23(16-5-10-20(38-2)11-6-16)25-30-24(31-32-25)17-3-7-18(8-4-17)37-26(27,28)29/h3-13,23H,14H2,1-2H3,(H,33,34)(H,30,31,32). The normalized spacial score (nSPS) is 12.1. The number of alkyl halides is 3. The first kappa shape index (κ1) is 26.9. The molecule has 12 heteroatoms. The number of nitrogens with one attached hydrogen (secondary N) is 1. The molecular weight excluding hydrogens is 523 g/mol. The van der Waals surface area contributed by atoms with Crippen LogP contribution in [0.2, 0.25) is 0 Å². The molecule has 0 aliphatic rings. The van der Waals surface area contributed by atoms with Crippen LogP contribution in [0.15, 0.2) is 71.6 Å². The minimum Gasteiger partial charge on any atom is -0.482 e. The van der Waals surface area contributed by atoms with Gasteiger partial charge >= 0.3 is 12.3 Å². The molecule has 0 spiro atoms. The summed E-state index contributed by atoms with van der Waals surface area (Å²) in [6.07, 6.45) is -3.52. The summed E-state index contributed by atoms with van der Waals surface area (Å²) in [5.41, 5.74) is 1.94. The van der Waals surface area contributed by atoms with Crippen molar-refractivity contribution in [2.45, 2.75) is 24.3 Å². The van der Waals surface area contributed by atoms with Crippen LogP contribution in [0, 0.1) is 6.92 Å². The minimum absolute atomic E-state index is 0.265. The highest BCUT2D eigenvalue weighted by Gasteiger charge is 2.31. The van der Waals surface area contributed by atoms with Crippen LogP contribution in [0.1, 0.15) is 23.1 Å². The number of aryl methyl sites for hydroxylation is 1. The molecule has 38 heavy (non-hydrogen) atoms. The van der Waals surface area contributed by atoms with E-state index in [1.807, 2.05) is 30.5 Å². The van der Waals surface area contributed by atoms with Crippen LogP contribution >= 0.6 is 11.8 Å². The smallest absolute Gasteiger partial charge is 0.482 e. The number of carbonyl (C=O) groups is 1. The van der Waals surface area contributed by atoms with Crippen LogP contribution in [0.3, 0.4) is 0 Å². The van der Waals surface area contributed by atoms with E-state index in [0.29, 0.717) is 28.5 Å². The first-order valence-electron chi connectivity index (χ1n) is 11.2. The van der Waals surface area contributed by atoms with Crippen LogP contribution in [-0.2, 0) is 4.79 Å². The van der Waals surface area contributed by atoms with Gasteiger partial charge in [-0.2, -0.15) is 5.10 Å². The molecule has 1 atom stereocenters. The van der Waals surface area contributed by atoms with E-state index in [2.05, 4.69) is 19.9 Å². The van der Waals surface area contributed by atoms with E-state index >= 15 is 0 Å². The topological polar surface area (TPSA) is 107 Å². The first-order chi connectivity index (χ1) is 18.1. The van der Waals surface area contributed by atoms with Crippen LogP contribution < -0.4 is 14.2 Å². The molecule has 4 aromatic rings. The highest BCUT2D eigenvalue weighted by atomic mass is 32.2. The SMILES string of the molecule is CSc1ccc(C(Oc2ccc(OCC(=O)O)c(C)c2)c2nc(-c3ccc(OC(F)(F)F)cc3)n[nH]2)cc1. The second-order valence-electron chi connectivity index (χ2n) is 8.00. The lowest BCUT2D eigenvalue weighted by molar-refractivity contribution is -0.274. The third-order valence-corrected chi connectivity index (χ3v) is 6.01. The number of thioether (sulfide) groups is 1. The van der Waals surface area contributed by atoms with E-state index in [1.165, 1.54) is 24.3 Å². The Hall–Kier alpha value is -4.19. The molecule has 0 radical (unpaired) electrons. The second-order valence-corrected chi connectivity index (χ2v) is 8.88. The van der Waals surface area contributed by atoms with Gasteiger partial charge in [0.25, 0.3) is 0 Å². The van der Waals surface area contributed by atoms with Crippen LogP contribution in [0.4, 0.5) is 13.2 Å². The van der Waals surface area contributed by atoms with Crippen LogP contribution in [0.25, 0.3) is 11.4 Å². The van der Waals surface area contributed by atoms with Gasteiger partial charge in [0.1, 0.15) is 17.2 Å². The molecule has 0 aliphatic carbocycles. The number of benzene rings is 3. The molecule has 0 bridgehead atoms. The van der Waals surface area contributed by atoms with Gasteiger partial charge in [0, 0.05) is 16.0 Å². The summed E-state index contributed by atoms with van der Waals surface area (Å²) >= 11 is 1.59. The fourth-order valence-electron chi connectivity index (χ4n) is 3.52. The number of aliphatic carboxylic acids is 1. The molecule has 0 fully saturated rings. The molecule has 0 aliphatic heterocycles. The third-order valence-electron chi connectivity index (χ3n) is 5.27. The third kappa shape index (κ3) is 6.97. The summed E-state index contributed by atoms with van der Waals surface area (Å²) < 4.78 is 52.9. The fourth-order valence-corrected chi connectivity index (χ4v) is 3.93. The van der Waals surface area contributed by atoms with E-state index in [9.17, 15) is 18.0 Å². The van der Waals surface area contributed by atoms with E-state index in [-0.39, 0.29) is 11.6 Å². The quantitative estimate of drug-likeness (QED) is 0.233. The highest BCUT2D eigenvalue weighted by molar-refractivity contribution is 7.98. The van der Waals surface area contributed by atoms with Crippen molar-refractivity contribution in [3.63, 3.8) is 0 Å². The predicted octanol–water partition coefficient (Wildman–Crippen LogP) is 6.03. The molecule has 2 N–H and O–H groups in total. The first-order valence-corrected chi connectivity index (χ1v) is 12.4. The number of aromatic nitrogens is 3. The maximum Gasteiger partial charge on any atom is 0.573 e. The van der Waals surface area contributed by atoms with Gasteiger partial charge in [-0.3, -0.25) is 5.10 Å². The Bertz CT molecular complexity index is 1390. The Kier molecular flexibility index (Phi) is 8.10. The Morgan fingerprint density at radius 3 is 2.34 bits per heavy atom. The molecule has 198 valence electrons. The number of carboxylic acids is 1. The molecule has 8 nitrogen and oxygen atoms in total. The van der Waals surface area contributed by atoms with Crippen molar-refractivity contribution in [1.29, 1.82) is 0 Å². The molecule has 4 rings (SSSR count). The number of nitrogens with zero attached hydrogens (tertiary/aromatic N) is 2. The predicted molar refractivity (Wildman–Crippen MR) is 134 cm³/mol. The Morgan fingerprint density at radius 2 is 1.74 bits per heavy atom. The number of rotatable bonds is 10. The highest BCUT2D eigenvalue weighted by Crippen LogP contribution is 2.32. The van der Waals surface area contributed by atoms with Crippen LogP contribution in [0.5, 0.6) is 17.2 Å². The lowest BCUT2D eigenvalue weighted by Gasteiger charge is -2.19. The minimum atomic E-state index is -4.78. The van der Waals surface area contributed by atoms with Gasteiger partial charge in [0.05, 0.1) is 0 Å². The molecule has 1 aromatic heterocycles. The summed E-state index contributed by atoms with van der Waals surface area (Å²) in [7, 11) is 0. The molecular formula is C26H22F3N3O5S. The summed E-state index contributed by atoms with van der Waals surface area (Å²) in [5.74, 6) is 0.106. The van der Waals surface area contributed by atoms with Crippen molar-refractivity contribution >= 4 is 17.7 Å². The van der Waals surface area contributed by atoms with Gasteiger partial charge in [-0.25, -0.2) is 9.78 Å². The number of halogens is 3. The average molecular weight is 546 g/mol. The molecule has 1 unspecified atom stereocenters. The van der Waals surface area contributed by atoms with E-state index < -0.39 is 25.0 Å². The van der Waals surface area contributed by atoms with Crippen molar-refractivity contribution < 1.29 is 37.3 Å². The number of hydrogen-bond acceptors (Lipinski definition) is 7. The average Bonchev–Trinajstić information content (AvgIpc) is 3.36. The van der Waals surface area contributed by atoms with Gasteiger partial charge in [0.15, 0.2) is 24.4 Å². The zero-order chi connectivity index (χ0) is 27.3. The maximum absolute atomic E-state index is 12.5. The van der Waals surface area contributed by atoms with Gasteiger partial charge in [-0.1, -0.05) is 12.1 Å². The lowest BCUT2D eigenvalue weighted by atomic mass is 10.1. The van der Waals surface area contributed by atoms with Gasteiger partial charge in [0.2, 0.25) is 0 Å². The number of ether oxygens (including phenoxy) is 3. The number of carboxylic acid groups (broad SMARTS) is 1. The van der Waals surface area contributed by atoms with Crippen LogP contribution in [-0.4, -0.2) is 45.5 Å². The van der Waals surface area contributed by atoms with Gasteiger partial charge < -0.3 is 19.3 Å². The summed E-state index contributed by atoms with van der Waals surface area (Å²) in [6, 6.07) is 17.9. The Labute approximate surface area is 219 Å². The summed E-state index contributed by atoms with van der Waals surface area (Å²) in [4.78, 5) is 16.4. The second kappa shape index (κ2) is 11.5. The number of aromatic amines is 1. The van der Waals surface area contributed by atoms with E-state index in [1.54, 1.807) is 36.9 Å². The van der Waals surface area contributed by atoms with Gasteiger partial charge in [-0.05, 0) is 73.3 Å². The lowest BCUT2D eigenvalue weighted by Crippen LogP contribution is -2.16. The molecule has 0 saturated heterocycles. The van der Waals surface area contributed by atoms with Crippen molar-refractivity contribution in [2.24, 2.45) is 0 Å². The van der Waals surface area contributed by atoms with E-state index in [4.69, 9.17) is 14.6 Å². The zero-order valence-corrected chi connectivity index (χ0v) is 21.0. The largest absolute Gasteiger partial charge is 0.573 e. The van der Waals surface area contributed by atoms with Crippen molar-refractivity contribution in [1.82, 2.24) is 15.2 Å². The molecule has 0 amide bonds. The maximum atomic E-state index is 12.5. The summed E-state index contributed by atoms with van der Waals surface area (Å²) in [6.45, 7) is 1.31. The van der Waals surface area contributed by atoms with E-state index in [0.717, 1.165) is 10.5 Å². The molecule has 0 saturated carbocycles. The van der Waals surface area contributed by atoms with Crippen molar-refractivity contribution in [3.8, 4) is 28.6 Å². The molecule has 3 aromatic carbocycles. The number of H-pyrrole nitrogens is 1. The monoisotopic (exact) mass is 545 g/mol. The van der Waals surface area contributed by atoms with Crippen molar-refractivity contribution in [3.05, 3.63) is 83.7 Å². The zero-order valence-electron chi connectivity index (χ0n) is 20.2. The Morgan fingerprint density at radius 1 is 1.05 bits per heavy atom.